The van der Waals surface area contributed by atoms with E-state index in [1.165, 1.54) is 7.11 Å². The summed E-state index contributed by atoms with van der Waals surface area (Å²) in [5.74, 6) is -1.22. The first-order valence-electron chi connectivity index (χ1n) is 8.37. The SMILES string of the molecule is CCCC(=O)Nc1sc(C(=O)Nc2ccc(C)c(Cl)c2)c(C)c1C(=O)OC. The number of ether oxygens (including phenoxy) is 1. The fourth-order valence-electron chi connectivity index (χ4n) is 2.44. The van der Waals surface area contributed by atoms with Crippen LogP contribution in [0.4, 0.5) is 10.7 Å². The molecule has 0 aliphatic heterocycles. The summed E-state index contributed by atoms with van der Waals surface area (Å²) in [6.45, 7) is 5.40. The van der Waals surface area contributed by atoms with Gasteiger partial charge in [-0.05, 0) is 43.5 Å². The molecule has 2 aromatic rings. The Labute approximate surface area is 166 Å². The van der Waals surface area contributed by atoms with Crippen LogP contribution in [0.25, 0.3) is 0 Å². The zero-order valence-electron chi connectivity index (χ0n) is 15.6. The van der Waals surface area contributed by atoms with Crippen LogP contribution < -0.4 is 10.6 Å². The highest BCUT2D eigenvalue weighted by atomic mass is 35.5. The third kappa shape index (κ3) is 4.87. The number of carbonyl (C=O) groups is 3. The number of hydrogen-bond acceptors (Lipinski definition) is 5. The first-order chi connectivity index (χ1) is 12.8. The van der Waals surface area contributed by atoms with Crippen LogP contribution in [-0.2, 0) is 9.53 Å². The molecule has 2 rings (SSSR count). The average Bonchev–Trinajstić information content (AvgIpc) is 2.94. The van der Waals surface area contributed by atoms with E-state index in [-0.39, 0.29) is 11.5 Å². The second-order valence-corrected chi connectivity index (χ2v) is 7.40. The molecule has 2 amide bonds. The summed E-state index contributed by atoms with van der Waals surface area (Å²) in [6, 6.07) is 5.20. The maximum Gasteiger partial charge on any atom is 0.341 e. The lowest BCUT2D eigenvalue weighted by Gasteiger charge is -2.06. The second kappa shape index (κ2) is 9.01. The third-order valence-electron chi connectivity index (χ3n) is 3.90. The molecule has 0 unspecified atom stereocenters. The van der Waals surface area contributed by atoms with Gasteiger partial charge >= 0.3 is 5.97 Å². The number of hydrogen-bond donors (Lipinski definition) is 2. The van der Waals surface area contributed by atoms with Crippen LogP contribution in [0.1, 0.15) is 50.9 Å². The normalized spacial score (nSPS) is 10.4. The molecule has 1 aromatic carbocycles. The smallest absolute Gasteiger partial charge is 0.341 e. The molecule has 2 N–H and O–H groups in total. The number of methoxy groups -OCH3 is 1. The number of esters is 1. The van der Waals surface area contributed by atoms with Gasteiger partial charge in [-0.25, -0.2) is 4.79 Å². The molecular formula is C19H21ClN2O4S. The van der Waals surface area contributed by atoms with E-state index in [1.807, 2.05) is 13.8 Å². The lowest BCUT2D eigenvalue weighted by molar-refractivity contribution is -0.116. The fraction of sp³-hybridized carbons (Fsp3) is 0.316. The van der Waals surface area contributed by atoms with Gasteiger partial charge in [-0.2, -0.15) is 0 Å². The summed E-state index contributed by atoms with van der Waals surface area (Å²) < 4.78 is 4.81. The van der Waals surface area contributed by atoms with Crippen molar-refractivity contribution < 1.29 is 19.1 Å². The van der Waals surface area contributed by atoms with E-state index in [0.717, 1.165) is 16.9 Å². The predicted molar refractivity (Wildman–Crippen MR) is 108 cm³/mol. The van der Waals surface area contributed by atoms with Crippen molar-refractivity contribution in [1.29, 1.82) is 0 Å². The van der Waals surface area contributed by atoms with Crippen LogP contribution in [0.3, 0.4) is 0 Å². The van der Waals surface area contributed by atoms with E-state index in [0.29, 0.717) is 39.0 Å². The van der Waals surface area contributed by atoms with Gasteiger partial charge in [0.15, 0.2) is 0 Å². The van der Waals surface area contributed by atoms with Gasteiger partial charge in [-0.3, -0.25) is 9.59 Å². The topological polar surface area (TPSA) is 84.5 Å². The summed E-state index contributed by atoms with van der Waals surface area (Å²) in [7, 11) is 1.26. The van der Waals surface area contributed by atoms with E-state index in [1.54, 1.807) is 25.1 Å². The van der Waals surface area contributed by atoms with Gasteiger partial charge in [-0.1, -0.05) is 24.6 Å². The van der Waals surface area contributed by atoms with Crippen LogP contribution in [-0.4, -0.2) is 24.9 Å². The summed E-state index contributed by atoms with van der Waals surface area (Å²) in [5, 5.41) is 6.32. The van der Waals surface area contributed by atoms with Gasteiger partial charge in [0, 0.05) is 17.1 Å². The molecule has 0 saturated carbocycles. The Kier molecular flexibility index (Phi) is 6.98. The number of carbonyl (C=O) groups excluding carboxylic acids is 3. The molecule has 0 fully saturated rings. The first-order valence-corrected chi connectivity index (χ1v) is 9.57. The maximum atomic E-state index is 12.7. The highest BCUT2D eigenvalue weighted by molar-refractivity contribution is 7.18. The molecule has 1 aromatic heterocycles. The van der Waals surface area contributed by atoms with E-state index >= 15 is 0 Å². The molecular weight excluding hydrogens is 388 g/mol. The second-order valence-electron chi connectivity index (χ2n) is 5.97. The van der Waals surface area contributed by atoms with Crippen molar-refractivity contribution >= 4 is 51.4 Å². The fourth-order valence-corrected chi connectivity index (χ4v) is 3.73. The van der Waals surface area contributed by atoms with Gasteiger partial charge in [0.25, 0.3) is 5.91 Å². The molecule has 8 heteroatoms. The van der Waals surface area contributed by atoms with Crippen molar-refractivity contribution in [3.8, 4) is 0 Å². The van der Waals surface area contributed by atoms with E-state index in [4.69, 9.17) is 16.3 Å². The Balaban J connectivity index is 2.36. The standard InChI is InChI=1S/C19H21ClN2O4S/c1-5-6-14(23)22-18-15(19(25)26-4)11(3)16(27-18)17(24)21-12-8-7-10(2)13(20)9-12/h7-9H,5-6H2,1-4H3,(H,21,24)(H,22,23). The van der Waals surface area contributed by atoms with Crippen LogP contribution >= 0.6 is 22.9 Å². The highest BCUT2D eigenvalue weighted by Crippen LogP contribution is 2.34. The molecule has 144 valence electrons. The van der Waals surface area contributed by atoms with E-state index in [9.17, 15) is 14.4 Å². The Morgan fingerprint density at radius 1 is 1.19 bits per heavy atom. The first kappa shape index (κ1) is 20.9. The molecule has 0 spiro atoms. The van der Waals surface area contributed by atoms with Crippen molar-refractivity contribution in [2.75, 3.05) is 17.7 Å². The third-order valence-corrected chi connectivity index (χ3v) is 5.52. The van der Waals surface area contributed by atoms with Crippen molar-refractivity contribution in [2.24, 2.45) is 0 Å². The molecule has 0 radical (unpaired) electrons. The lowest BCUT2D eigenvalue weighted by Crippen LogP contribution is -2.14. The minimum absolute atomic E-state index is 0.194. The Morgan fingerprint density at radius 2 is 1.89 bits per heavy atom. The average molecular weight is 409 g/mol. The number of benzene rings is 1. The van der Waals surface area contributed by atoms with Crippen LogP contribution in [0.2, 0.25) is 5.02 Å². The van der Waals surface area contributed by atoms with Crippen LogP contribution in [0, 0.1) is 13.8 Å². The molecule has 1 heterocycles. The molecule has 0 bridgehead atoms. The maximum absolute atomic E-state index is 12.7. The van der Waals surface area contributed by atoms with Gasteiger partial charge in [0.05, 0.1) is 17.6 Å². The van der Waals surface area contributed by atoms with Crippen molar-refractivity contribution in [2.45, 2.75) is 33.6 Å². The van der Waals surface area contributed by atoms with Gasteiger partial charge < -0.3 is 15.4 Å². The Bertz CT molecular complexity index is 892. The number of aryl methyl sites for hydroxylation is 1. The van der Waals surface area contributed by atoms with Gasteiger partial charge in [0.2, 0.25) is 5.91 Å². The van der Waals surface area contributed by atoms with Gasteiger partial charge in [-0.15, -0.1) is 11.3 Å². The minimum Gasteiger partial charge on any atom is -0.465 e. The van der Waals surface area contributed by atoms with Crippen LogP contribution in [0.15, 0.2) is 18.2 Å². The van der Waals surface area contributed by atoms with E-state index in [2.05, 4.69) is 10.6 Å². The van der Waals surface area contributed by atoms with Crippen molar-refractivity contribution in [1.82, 2.24) is 0 Å². The minimum atomic E-state index is -0.604. The van der Waals surface area contributed by atoms with Crippen LogP contribution in [0.5, 0.6) is 0 Å². The number of thiophene rings is 1. The largest absolute Gasteiger partial charge is 0.465 e. The zero-order valence-corrected chi connectivity index (χ0v) is 17.1. The summed E-state index contributed by atoms with van der Waals surface area (Å²) in [6.07, 6.45) is 0.992. The molecule has 0 saturated heterocycles. The van der Waals surface area contributed by atoms with E-state index < -0.39 is 11.9 Å². The summed E-state index contributed by atoms with van der Waals surface area (Å²) >= 11 is 7.13. The molecule has 27 heavy (non-hydrogen) atoms. The highest BCUT2D eigenvalue weighted by Gasteiger charge is 2.26. The van der Waals surface area contributed by atoms with Gasteiger partial charge in [0.1, 0.15) is 5.00 Å². The molecule has 0 aliphatic rings. The lowest BCUT2D eigenvalue weighted by atomic mass is 10.1. The summed E-state index contributed by atoms with van der Waals surface area (Å²) in [4.78, 5) is 37.1. The Hall–Kier alpha value is -2.38. The number of halogens is 1. The predicted octanol–water partition coefficient (Wildman–Crippen LogP) is 4.80. The number of nitrogens with one attached hydrogen (secondary N) is 2. The Morgan fingerprint density at radius 3 is 2.48 bits per heavy atom. The zero-order chi connectivity index (χ0) is 20.1. The molecule has 6 nitrogen and oxygen atoms in total. The molecule has 0 aliphatic carbocycles. The number of amides is 2. The van der Waals surface area contributed by atoms with Crippen molar-refractivity contribution in [3.63, 3.8) is 0 Å². The summed E-state index contributed by atoms with van der Waals surface area (Å²) in [5.41, 5.74) is 2.09. The quantitative estimate of drug-likeness (QED) is 0.672. The number of rotatable bonds is 6. The monoisotopic (exact) mass is 408 g/mol. The molecule has 0 atom stereocenters. The number of anilines is 2. The van der Waals surface area contributed by atoms with Crippen molar-refractivity contribution in [3.05, 3.63) is 44.8 Å².